The Morgan fingerprint density at radius 1 is 0.419 bits per heavy atom. The molecule has 0 radical (unpaired) electrons. The molecule has 0 fully saturated rings. The third kappa shape index (κ3) is 4.31. The Kier molecular flexibility index (Phi) is 6.52. The Hall–Kier alpha value is -7.30. The van der Waals surface area contributed by atoms with E-state index in [4.69, 9.17) is 0 Å². The van der Waals surface area contributed by atoms with E-state index in [1.165, 1.54) is 122 Å². The molecule has 0 unspecified atom stereocenters. The fraction of sp³-hybridized carbons (Fsp3) is 0.138. The van der Waals surface area contributed by atoms with Gasteiger partial charge in [-0.05, 0) is 126 Å². The second-order valence-electron chi connectivity index (χ2n) is 19.0. The topological polar surface area (TPSA) is 19.7 Å². The van der Waals surface area contributed by atoms with E-state index in [9.17, 15) is 0 Å². The van der Waals surface area contributed by atoms with Crippen LogP contribution in [0.15, 0.2) is 164 Å². The summed E-state index contributed by atoms with van der Waals surface area (Å²) in [5, 5.41) is 6.44. The monoisotopic (exact) mass is 796 g/mol. The van der Waals surface area contributed by atoms with Crippen molar-refractivity contribution in [2.45, 2.75) is 51.4 Å². The molecule has 0 amide bonds. The molecule has 296 valence electrons. The molecular formula is C58H44N4. The number of benzene rings is 7. The van der Waals surface area contributed by atoms with Crippen molar-refractivity contribution in [3.8, 4) is 33.9 Å². The van der Waals surface area contributed by atoms with Crippen LogP contribution in [0.5, 0.6) is 0 Å². The average Bonchev–Trinajstić information content (AvgIpc) is 4.12. The van der Waals surface area contributed by atoms with Crippen molar-refractivity contribution in [3.05, 3.63) is 198 Å². The molecule has 4 aromatic heterocycles. The molecule has 0 saturated heterocycles. The molecule has 14 rings (SSSR count). The highest BCUT2D eigenvalue weighted by atomic mass is 15.1. The number of hydrogen-bond donors (Lipinski definition) is 0. The third-order valence-electron chi connectivity index (χ3n) is 15.0. The summed E-state index contributed by atoms with van der Waals surface area (Å²) in [6.07, 6.45) is 6.91. The summed E-state index contributed by atoms with van der Waals surface area (Å²) in [6, 6.07) is 59.6. The summed E-state index contributed by atoms with van der Waals surface area (Å²) >= 11 is 0. The molecule has 0 atom stereocenters. The van der Waals surface area contributed by atoms with E-state index in [0.717, 1.165) is 12.8 Å². The van der Waals surface area contributed by atoms with Gasteiger partial charge in [-0.25, -0.2) is 0 Å². The van der Waals surface area contributed by atoms with Crippen molar-refractivity contribution in [2.75, 3.05) is 0 Å². The van der Waals surface area contributed by atoms with E-state index < -0.39 is 0 Å². The van der Waals surface area contributed by atoms with Gasteiger partial charge in [-0.2, -0.15) is 0 Å². The van der Waals surface area contributed by atoms with Crippen LogP contribution in [-0.2, 0) is 17.3 Å². The van der Waals surface area contributed by atoms with Crippen LogP contribution in [0, 0.1) is 0 Å². The van der Waals surface area contributed by atoms with E-state index in [1.54, 1.807) is 0 Å². The van der Waals surface area contributed by atoms with Gasteiger partial charge in [-0.3, -0.25) is 0 Å². The van der Waals surface area contributed by atoms with Gasteiger partial charge in [0.2, 0.25) is 0 Å². The van der Waals surface area contributed by atoms with E-state index in [1.807, 2.05) is 0 Å². The fourth-order valence-corrected chi connectivity index (χ4v) is 11.8. The number of nitrogens with zero attached hydrogens (tertiary/aromatic N) is 4. The highest BCUT2D eigenvalue weighted by Crippen LogP contribution is 2.50. The van der Waals surface area contributed by atoms with Gasteiger partial charge in [0.05, 0.1) is 39.0 Å². The first kappa shape index (κ1) is 34.4. The van der Waals surface area contributed by atoms with Crippen molar-refractivity contribution >= 4 is 60.6 Å². The Labute approximate surface area is 360 Å². The Morgan fingerprint density at radius 3 is 1.50 bits per heavy atom. The summed E-state index contributed by atoms with van der Waals surface area (Å²) in [5.74, 6) is 0. The average molecular weight is 797 g/mol. The lowest BCUT2D eigenvalue weighted by molar-refractivity contribution is 0.643. The lowest BCUT2D eigenvalue weighted by atomic mass is 9.82. The van der Waals surface area contributed by atoms with Crippen molar-refractivity contribution in [1.82, 2.24) is 18.3 Å². The lowest BCUT2D eigenvalue weighted by Gasteiger charge is -2.20. The molecule has 4 nitrogen and oxygen atoms in total. The van der Waals surface area contributed by atoms with Gasteiger partial charge in [0.15, 0.2) is 0 Å². The van der Waals surface area contributed by atoms with Crippen LogP contribution >= 0.6 is 0 Å². The predicted octanol–water partition coefficient (Wildman–Crippen LogP) is 14.5. The van der Waals surface area contributed by atoms with Crippen LogP contribution in [0.25, 0.3) is 94.5 Å². The predicted molar refractivity (Wildman–Crippen MR) is 258 cm³/mol. The maximum Gasteiger partial charge on any atom is 0.0545 e. The molecule has 0 saturated carbocycles. The van der Waals surface area contributed by atoms with Crippen molar-refractivity contribution < 1.29 is 0 Å². The van der Waals surface area contributed by atoms with Gasteiger partial charge in [0, 0.05) is 66.2 Å². The van der Waals surface area contributed by atoms with Crippen LogP contribution < -0.4 is 0 Å². The molecule has 0 bridgehead atoms. The number of aromatic nitrogens is 4. The van der Waals surface area contributed by atoms with E-state index >= 15 is 0 Å². The lowest BCUT2D eigenvalue weighted by Crippen LogP contribution is -2.15. The normalized spacial score (nSPS) is 15.5. The molecule has 4 heteroatoms. The fourth-order valence-electron chi connectivity index (χ4n) is 11.8. The largest absolute Gasteiger partial charge is 0.313 e. The van der Waals surface area contributed by atoms with Crippen LogP contribution in [0.2, 0.25) is 0 Å². The van der Waals surface area contributed by atoms with Crippen molar-refractivity contribution in [2.24, 2.45) is 0 Å². The summed E-state index contributed by atoms with van der Waals surface area (Å²) in [5.41, 5.74) is 21.7. The number of rotatable bonds is 3. The van der Waals surface area contributed by atoms with Gasteiger partial charge < -0.3 is 18.3 Å². The Balaban J connectivity index is 0.857. The first-order valence-corrected chi connectivity index (χ1v) is 22.2. The van der Waals surface area contributed by atoms with Crippen molar-refractivity contribution in [1.29, 1.82) is 0 Å². The molecule has 0 spiro atoms. The van der Waals surface area contributed by atoms with Gasteiger partial charge in [0.1, 0.15) is 0 Å². The third-order valence-corrected chi connectivity index (χ3v) is 15.0. The zero-order valence-corrected chi connectivity index (χ0v) is 35.4. The number of para-hydroxylation sites is 3. The molecule has 62 heavy (non-hydrogen) atoms. The minimum atomic E-state index is -0.125. The van der Waals surface area contributed by atoms with Crippen LogP contribution in [0.1, 0.15) is 67.9 Å². The van der Waals surface area contributed by atoms with Gasteiger partial charge in [0.25, 0.3) is 0 Å². The van der Waals surface area contributed by atoms with Gasteiger partial charge in [-0.1, -0.05) is 113 Å². The van der Waals surface area contributed by atoms with Gasteiger partial charge >= 0.3 is 0 Å². The molecule has 2 aliphatic heterocycles. The molecule has 7 aromatic carbocycles. The molecule has 1 aliphatic carbocycles. The highest BCUT2D eigenvalue weighted by Gasteiger charge is 2.40. The number of fused-ring (bicyclic) bond motifs is 16. The molecule has 6 heterocycles. The number of aryl methyl sites for hydroxylation is 1. The van der Waals surface area contributed by atoms with E-state index in [0.29, 0.717) is 0 Å². The highest BCUT2D eigenvalue weighted by molar-refractivity contribution is 6.12. The summed E-state index contributed by atoms with van der Waals surface area (Å²) < 4.78 is 9.96. The Bertz CT molecular complexity index is 3780. The zero-order valence-electron chi connectivity index (χ0n) is 35.4. The van der Waals surface area contributed by atoms with Crippen LogP contribution in [0.3, 0.4) is 0 Å². The molecule has 11 aromatic rings. The smallest absolute Gasteiger partial charge is 0.0545 e. The first-order chi connectivity index (χ1) is 30.3. The summed E-state index contributed by atoms with van der Waals surface area (Å²) in [6.45, 7) is 9.54. The second kappa shape index (κ2) is 11.7. The minimum absolute atomic E-state index is 0.0934. The number of allylic oxidation sites excluding steroid dienone is 1. The first-order valence-electron chi connectivity index (χ1n) is 22.2. The minimum Gasteiger partial charge on any atom is -0.313 e. The maximum atomic E-state index is 2.54. The SMILES string of the molecule is CC1(C)c2cc3c(cc2-n2c1cc1c2C=CCC1)c1ccccc1n3-c1ccc(-c2ccc(-n3c4ccccc4c4cc5c(cc43)C(C)(C)c3cc4ccccc4n3-5)cc2)cc1. The van der Waals surface area contributed by atoms with Crippen LogP contribution in [-0.4, -0.2) is 18.3 Å². The summed E-state index contributed by atoms with van der Waals surface area (Å²) in [4.78, 5) is 0. The quantitative estimate of drug-likeness (QED) is 0.170. The zero-order chi connectivity index (χ0) is 41.2. The van der Waals surface area contributed by atoms with Crippen LogP contribution in [0.4, 0.5) is 0 Å². The summed E-state index contributed by atoms with van der Waals surface area (Å²) in [7, 11) is 0. The standard InChI is InChI=1S/C58H44N4/c1-57(2)45-33-51-43(31-53(45)61-47-17-9-5-13-37(47)29-55(57)61)41-15-7-11-19-49(41)59(51)39-25-21-35(22-26-39)36-23-27-40(28-24-36)60-50-20-12-8-16-42(50)44-32-54-46(34-52(44)60)58(3,4)56-30-38-14-6-10-18-48(38)62(54)56/h5,7-13,15-34H,6,14H2,1-4H3. The maximum absolute atomic E-state index is 2.54. The second-order valence-corrected chi connectivity index (χ2v) is 19.0. The van der Waals surface area contributed by atoms with Crippen molar-refractivity contribution in [3.63, 3.8) is 0 Å². The van der Waals surface area contributed by atoms with E-state index in [-0.39, 0.29) is 10.8 Å². The molecule has 3 aliphatic rings. The molecular weight excluding hydrogens is 753 g/mol. The number of hydrogen-bond acceptors (Lipinski definition) is 0. The van der Waals surface area contributed by atoms with E-state index in [2.05, 4.69) is 216 Å². The Morgan fingerprint density at radius 2 is 0.919 bits per heavy atom. The molecule has 0 N–H and O–H groups in total. The van der Waals surface area contributed by atoms with Gasteiger partial charge in [-0.15, -0.1) is 0 Å².